The Labute approximate surface area is 145 Å². The van der Waals surface area contributed by atoms with E-state index in [4.69, 9.17) is 5.11 Å². The van der Waals surface area contributed by atoms with Crippen LogP contribution in [0.2, 0.25) is 0 Å². The van der Waals surface area contributed by atoms with E-state index in [2.05, 4.69) is 5.32 Å². The van der Waals surface area contributed by atoms with Crippen LogP contribution in [-0.2, 0) is 9.59 Å². The minimum Gasteiger partial charge on any atom is -0.481 e. The normalized spacial score (nSPS) is 17.5. The van der Waals surface area contributed by atoms with Crippen LogP contribution in [0.3, 0.4) is 0 Å². The van der Waals surface area contributed by atoms with E-state index in [1.165, 1.54) is 11.3 Å². The first-order chi connectivity index (χ1) is 11.6. The third kappa shape index (κ3) is 5.63. The Kier molecular flexibility index (Phi) is 7.24. The Bertz CT molecular complexity index is 559. The Hall–Kier alpha value is -1.89. The number of amides is 2. The van der Waals surface area contributed by atoms with Crippen molar-refractivity contribution >= 4 is 29.1 Å². The van der Waals surface area contributed by atoms with Crippen LogP contribution in [-0.4, -0.2) is 46.9 Å². The fourth-order valence-electron chi connectivity index (χ4n) is 3.00. The van der Waals surface area contributed by atoms with Crippen LogP contribution < -0.4 is 5.32 Å². The van der Waals surface area contributed by atoms with Crippen molar-refractivity contribution in [1.82, 2.24) is 10.2 Å². The Morgan fingerprint density at radius 3 is 2.83 bits per heavy atom. The van der Waals surface area contributed by atoms with E-state index in [0.29, 0.717) is 37.9 Å². The fourth-order valence-corrected chi connectivity index (χ4v) is 3.64. The van der Waals surface area contributed by atoms with Crippen LogP contribution in [0.5, 0.6) is 0 Å². The number of carbonyl (C=O) groups is 3. The number of carboxylic acids is 1. The Balaban J connectivity index is 1.71. The number of likely N-dealkylation sites (tertiary alicyclic amines) is 1. The molecule has 0 radical (unpaired) electrons. The van der Waals surface area contributed by atoms with E-state index in [-0.39, 0.29) is 24.3 Å². The maximum absolute atomic E-state index is 12.4. The van der Waals surface area contributed by atoms with Gasteiger partial charge in [-0.25, -0.2) is 0 Å². The fraction of sp³-hybridized carbons (Fsp3) is 0.588. The number of piperidine rings is 1. The zero-order chi connectivity index (χ0) is 17.4. The molecule has 2 heterocycles. The monoisotopic (exact) mass is 352 g/mol. The average molecular weight is 352 g/mol. The summed E-state index contributed by atoms with van der Waals surface area (Å²) < 4.78 is 0. The van der Waals surface area contributed by atoms with Crippen molar-refractivity contribution in [3.8, 4) is 0 Å². The van der Waals surface area contributed by atoms with E-state index in [1.54, 1.807) is 11.4 Å². The summed E-state index contributed by atoms with van der Waals surface area (Å²) >= 11 is 1.47. The molecule has 2 N–H and O–H groups in total. The van der Waals surface area contributed by atoms with Crippen molar-refractivity contribution in [2.75, 3.05) is 13.1 Å². The summed E-state index contributed by atoms with van der Waals surface area (Å²) in [6.45, 7) is 1.18. The van der Waals surface area contributed by atoms with Crippen LogP contribution in [0.25, 0.3) is 0 Å². The summed E-state index contributed by atoms with van der Waals surface area (Å²) in [5.41, 5.74) is 0.649. The van der Waals surface area contributed by atoms with Gasteiger partial charge in [0.15, 0.2) is 0 Å². The molecular weight excluding hydrogens is 328 g/mol. The first kappa shape index (κ1) is 18.4. The molecule has 0 aromatic carbocycles. The highest BCUT2D eigenvalue weighted by atomic mass is 32.1. The number of hydrogen-bond acceptors (Lipinski definition) is 4. The molecule has 0 spiro atoms. The smallest absolute Gasteiger partial charge is 0.303 e. The van der Waals surface area contributed by atoms with Gasteiger partial charge in [0.1, 0.15) is 0 Å². The lowest BCUT2D eigenvalue weighted by atomic mass is 9.97. The van der Waals surface area contributed by atoms with Crippen molar-refractivity contribution in [2.45, 2.75) is 51.0 Å². The average Bonchev–Trinajstić information content (AvgIpc) is 3.11. The topological polar surface area (TPSA) is 86.7 Å². The molecule has 1 fully saturated rings. The molecule has 1 atom stereocenters. The largest absolute Gasteiger partial charge is 0.481 e. The van der Waals surface area contributed by atoms with Gasteiger partial charge in [-0.05, 0) is 43.6 Å². The predicted molar refractivity (Wildman–Crippen MR) is 92.1 cm³/mol. The minimum absolute atomic E-state index is 0.0442. The van der Waals surface area contributed by atoms with Gasteiger partial charge in [0.2, 0.25) is 5.91 Å². The van der Waals surface area contributed by atoms with Crippen molar-refractivity contribution in [1.29, 1.82) is 0 Å². The van der Waals surface area contributed by atoms with Gasteiger partial charge in [0, 0.05) is 42.9 Å². The third-order valence-electron chi connectivity index (χ3n) is 4.28. The number of nitrogens with one attached hydrogen (secondary N) is 1. The van der Waals surface area contributed by atoms with E-state index in [0.717, 1.165) is 19.3 Å². The van der Waals surface area contributed by atoms with Crippen molar-refractivity contribution in [2.24, 2.45) is 0 Å². The van der Waals surface area contributed by atoms with Crippen molar-refractivity contribution < 1.29 is 19.5 Å². The summed E-state index contributed by atoms with van der Waals surface area (Å²) in [5.74, 6) is -0.861. The molecule has 1 aliphatic heterocycles. The Morgan fingerprint density at radius 1 is 1.29 bits per heavy atom. The van der Waals surface area contributed by atoms with Crippen LogP contribution in [0.15, 0.2) is 16.8 Å². The maximum Gasteiger partial charge on any atom is 0.303 e. The molecule has 2 rings (SSSR count). The first-order valence-electron chi connectivity index (χ1n) is 8.39. The molecule has 1 aromatic rings. The van der Waals surface area contributed by atoms with Gasteiger partial charge < -0.3 is 15.3 Å². The van der Waals surface area contributed by atoms with E-state index in [1.807, 2.05) is 10.3 Å². The molecule has 1 aliphatic rings. The highest BCUT2D eigenvalue weighted by molar-refractivity contribution is 7.08. The number of nitrogens with zero attached hydrogens (tertiary/aromatic N) is 1. The summed E-state index contributed by atoms with van der Waals surface area (Å²) in [6, 6.07) is 1.81. The van der Waals surface area contributed by atoms with E-state index >= 15 is 0 Å². The number of carbonyl (C=O) groups excluding carboxylic acids is 2. The lowest BCUT2D eigenvalue weighted by Gasteiger charge is -2.35. The number of carboxylic acid groups (broad SMARTS) is 1. The predicted octanol–water partition coefficient (Wildman–Crippen LogP) is 2.50. The van der Waals surface area contributed by atoms with Crippen LogP contribution in [0.4, 0.5) is 0 Å². The first-order valence-corrected chi connectivity index (χ1v) is 9.34. The number of rotatable bonds is 8. The summed E-state index contributed by atoms with van der Waals surface area (Å²) in [7, 11) is 0. The molecule has 6 nitrogen and oxygen atoms in total. The van der Waals surface area contributed by atoms with E-state index < -0.39 is 5.97 Å². The van der Waals surface area contributed by atoms with Gasteiger partial charge in [0.25, 0.3) is 5.91 Å². The summed E-state index contributed by atoms with van der Waals surface area (Å²) in [5, 5.41) is 15.3. The maximum atomic E-state index is 12.4. The Morgan fingerprint density at radius 2 is 2.12 bits per heavy atom. The standard InChI is InChI=1S/C17H24N2O4S/c20-15(5-3-9-18-17(23)13-8-11-24-12-13)19-10-2-1-4-14(19)6-7-16(21)22/h8,11-12,14H,1-7,9-10H2,(H,18,23)(H,21,22). The molecule has 132 valence electrons. The highest BCUT2D eigenvalue weighted by Gasteiger charge is 2.26. The summed E-state index contributed by atoms with van der Waals surface area (Å²) in [4.78, 5) is 36.8. The van der Waals surface area contributed by atoms with Crippen molar-refractivity contribution in [3.63, 3.8) is 0 Å². The number of aliphatic carboxylic acids is 1. The lowest BCUT2D eigenvalue weighted by Crippen LogP contribution is -2.44. The molecular formula is C17H24N2O4S. The van der Waals surface area contributed by atoms with E-state index in [9.17, 15) is 14.4 Å². The van der Waals surface area contributed by atoms with Gasteiger partial charge in [-0.3, -0.25) is 14.4 Å². The van der Waals surface area contributed by atoms with Crippen LogP contribution in [0, 0.1) is 0 Å². The minimum atomic E-state index is -0.816. The molecule has 1 aromatic heterocycles. The molecule has 1 saturated heterocycles. The highest BCUT2D eigenvalue weighted by Crippen LogP contribution is 2.22. The molecule has 1 unspecified atom stereocenters. The van der Waals surface area contributed by atoms with Gasteiger partial charge in [-0.15, -0.1) is 0 Å². The SMILES string of the molecule is O=C(O)CCC1CCCCN1C(=O)CCCNC(=O)c1ccsc1. The number of hydrogen-bond donors (Lipinski definition) is 2. The second-order valence-electron chi connectivity index (χ2n) is 6.04. The summed E-state index contributed by atoms with van der Waals surface area (Å²) in [6.07, 6.45) is 4.51. The third-order valence-corrected chi connectivity index (χ3v) is 4.96. The quantitative estimate of drug-likeness (QED) is 0.704. The number of thiophene rings is 1. The molecule has 7 heteroatoms. The van der Waals surface area contributed by atoms with Crippen LogP contribution in [0.1, 0.15) is 55.3 Å². The van der Waals surface area contributed by atoms with Gasteiger partial charge in [-0.1, -0.05) is 0 Å². The molecule has 2 amide bonds. The van der Waals surface area contributed by atoms with Crippen LogP contribution >= 0.6 is 11.3 Å². The molecule has 0 aliphatic carbocycles. The zero-order valence-corrected chi connectivity index (χ0v) is 14.5. The zero-order valence-electron chi connectivity index (χ0n) is 13.7. The van der Waals surface area contributed by atoms with Gasteiger partial charge in [0.05, 0.1) is 0 Å². The lowest BCUT2D eigenvalue weighted by molar-refractivity contribution is -0.140. The van der Waals surface area contributed by atoms with Gasteiger partial charge in [-0.2, -0.15) is 11.3 Å². The van der Waals surface area contributed by atoms with Crippen molar-refractivity contribution in [3.05, 3.63) is 22.4 Å². The van der Waals surface area contributed by atoms with Gasteiger partial charge >= 0.3 is 5.97 Å². The second-order valence-corrected chi connectivity index (χ2v) is 6.82. The second kappa shape index (κ2) is 9.42. The molecule has 0 saturated carbocycles. The molecule has 0 bridgehead atoms. The molecule has 24 heavy (non-hydrogen) atoms.